The molecule has 0 saturated heterocycles. The topological polar surface area (TPSA) is 105 Å². The van der Waals surface area contributed by atoms with Gasteiger partial charge in [0, 0.05) is 30.3 Å². The normalized spacial score (nSPS) is 14.1. The lowest BCUT2D eigenvalue weighted by Gasteiger charge is -2.13. The number of amides is 4. The number of aryl methyl sites for hydroxylation is 2. The molecule has 7 rings (SSSR count). The average Bonchev–Trinajstić information content (AvgIpc) is 3.35. The maximum absolute atomic E-state index is 13.5. The van der Waals surface area contributed by atoms with E-state index in [1.807, 2.05) is 13.8 Å². The predicted octanol–water partition coefficient (Wildman–Crippen LogP) is 6.24. The van der Waals surface area contributed by atoms with Crippen LogP contribution in [0.5, 0.6) is 0 Å². The Kier molecular flexibility index (Phi) is 6.09. The third kappa shape index (κ3) is 3.85. The van der Waals surface area contributed by atoms with Crippen molar-refractivity contribution in [3.8, 4) is 0 Å². The lowest BCUT2D eigenvalue weighted by Crippen LogP contribution is -2.29. The number of benzene rings is 4. The van der Waals surface area contributed by atoms with E-state index >= 15 is 0 Å². The molecule has 0 N–H and O–H groups in total. The van der Waals surface area contributed by atoms with Crippen LogP contribution in [-0.2, 0) is 0 Å². The summed E-state index contributed by atoms with van der Waals surface area (Å²) in [5, 5.41) is 0. The van der Waals surface area contributed by atoms with Gasteiger partial charge in [-0.15, -0.1) is 0 Å². The molecule has 2 aliphatic rings. The Labute approximate surface area is 244 Å². The molecule has 1 aromatic heterocycles. The first-order valence-electron chi connectivity index (χ1n) is 12.8. The van der Waals surface area contributed by atoms with E-state index in [2.05, 4.69) is 12.1 Å². The number of hydrogen-bond acceptors (Lipinski definition) is 6. The number of rotatable bonds is 3. The summed E-state index contributed by atoms with van der Waals surface area (Å²) in [6, 6.07) is 18.1. The Morgan fingerprint density at radius 1 is 0.643 bits per heavy atom. The van der Waals surface area contributed by atoms with Gasteiger partial charge in [0.25, 0.3) is 33.0 Å². The van der Waals surface area contributed by atoms with Crippen LogP contribution in [0.2, 0.25) is 0 Å². The van der Waals surface area contributed by atoms with Crippen molar-refractivity contribution in [3.05, 3.63) is 111 Å². The Morgan fingerprint density at radius 3 is 1.88 bits per heavy atom. The summed E-state index contributed by atoms with van der Waals surface area (Å²) in [4.78, 5) is 71.7. The van der Waals surface area contributed by atoms with Crippen molar-refractivity contribution < 1.29 is 24.0 Å². The van der Waals surface area contributed by atoms with Crippen molar-refractivity contribution in [3.63, 3.8) is 0 Å². The van der Waals surface area contributed by atoms with Crippen LogP contribution in [-0.4, -0.2) is 46.3 Å². The summed E-state index contributed by atoms with van der Waals surface area (Å²) in [7, 11) is 1.39. The fraction of sp³-hybridized carbons (Fsp3) is 0.121. The van der Waals surface area contributed by atoms with Crippen LogP contribution in [0.15, 0.2) is 66.7 Å². The molecule has 8 nitrogen and oxygen atoms in total. The quantitative estimate of drug-likeness (QED) is 0.109. The maximum atomic E-state index is 13.5. The predicted molar refractivity (Wildman–Crippen MR) is 162 cm³/mol. The number of carbonyl (C=O) groups excluding carboxylic acids is 5. The molecule has 9 heteroatoms. The smallest absolute Gasteiger partial charge is 0.266 e. The number of ketones is 1. The molecular formula is C33H24N3O5S+. The molecule has 206 valence electrons. The van der Waals surface area contributed by atoms with Crippen LogP contribution in [0.4, 0.5) is 5.69 Å². The van der Waals surface area contributed by atoms with E-state index in [0.717, 1.165) is 41.4 Å². The van der Waals surface area contributed by atoms with Crippen LogP contribution in [0.3, 0.4) is 0 Å². The van der Waals surface area contributed by atoms with E-state index in [4.69, 9.17) is 4.98 Å². The number of anilines is 1. The molecular weight excluding hydrogens is 550 g/mol. The van der Waals surface area contributed by atoms with Gasteiger partial charge < -0.3 is 0 Å². The van der Waals surface area contributed by atoms with Crippen molar-refractivity contribution in [2.45, 2.75) is 21.3 Å². The second-order valence-electron chi connectivity index (χ2n) is 10.2. The maximum Gasteiger partial charge on any atom is 0.266 e. The molecule has 0 spiro atoms. The third-order valence-electron chi connectivity index (χ3n) is 7.74. The van der Waals surface area contributed by atoms with Gasteiger partial charge in [-0.3, -0.25) is 28.9 Å². The number of aromatic nitrogens is 1. The molecule has 2 aliphatic heterocycles. The Morgan fingerprint density at radius 2 is 1.19 bits per heavy atom. The van der Waals surface area contributed by atoms with Gasteiger partial charge in [0.05, 0.1) is 27.9 Å². The van der Waals surface area contributed by atoms with E-state index in [-0.39, 0.29) is 40.8 Å². The van der Waals surface area contributed by atoms with Crippen molar-refractivity contribution in [1.29, 1.82) is 0 Å². The lowest BCUT2D eigenvalue weighted by molar-refractivity contribution is 0.0692. The second kappa shape index (κ2) is 9.46. The first-order valence-corrected chi connectivity index (χ1v) is 13.6. The van der Waals surface area contributed by atoms with Crippen molar-refractivity contribution in [2.75, 3.05) is 11.9 Å². The summed E-state index contributed by atoms with van der Waals surface area (Å²) >= 11 is 1.54. The monoisotopic (exact) mass is 574 g/mol. The van der Waals surface area contributed by atoms with Crippen molar-refractivity contribution in [1.82, 2.24) is 9.88 Å². The minimum absolute atomic E-state index is 0. The summed E-state index contributed by atoms with van der Waals surface area (Å²) < 4.78 is 1.84. The standard InChI is InChI=1S/C32H20N3O5S.CH4/c1-15-10-25-26(11-16(15)2)41-27-14-19(6-9-24(27)33-25)35-31(39)21-8-5-18(13-23(21)32(35)40)28(36)17-4-7-20-22(12-17)30(38)34(3)29(20)37;/h4-14H,1-3H3;1H4/q+1;. The molecule has 0 bridgehead atoms. The number of hydrogen-bond donors (Lipinski definition) is 0. The van der Waals surface area contributed by atoms with Gasteiger partial charge in [-0.05, 0) is 67.4 Å². The summed E-state index contributed by atoms with van der Waals surface area (Å²) in [5.74, 6) is -2.33. The molecule has 4 aromatic carbocycles. The van der Waals surface area contributed by atoms with Crippen molar-refractivity contribution >= 4 is 66.9 Å². The zero-order valence-corrected chi connectivity index (χ0v) is 23.0. The van der Waals surface area contributed by atoms with Gasteiger partial charge in [0.1, 0.15) is 11.0 Å². The van der Waals surface area contributed by atoms with Gasteiger partial charge in [0.2, 0.25) is 11.3 Å². The highest BCUT2D eigenvalue weighted by atomic mass is 32.1. The van der Waals surface area contributed by atoms with Crippen LogP contribution >= 0.6 is 11.3 Å². The summed E-state index contributed by atoms with van der Waals surface area (Å²) in [5.41, 5.74) is 5.51. The summed E-state index contributed by atoms with van der Waals surface area (Å²) in [6.45, 7) is 4.09. The molecule has 5 aromatic rings. The highest BCUT2D eigenvalue weighted by Gasteiger charge is 2.38. The minimum atomic E-state index is -0.527. The Balaban J connectivity index is 0.00000316. The Hall–Kier alpha value is -5.15. The largest absolute Gasteiger partial charge is 0.289 e. The molecule has 4 amide bonds. The van der Waals surface area contributed by atoms with Gasteiger partial charge >= 0.3 is 0 Å². The Bertz CT molecular complexity index is 2100. The van der Waals surface area contributed by atoms with Gasteiger partial charge in [-0.1, -0.05) is 19.6 Å². The van der Waals surface area contributed by atoms with E-state index in [9.17, 15) is 24.0 Å². The van der Waals surface area contributed by atoms with Gasteiger partial charge in [-0.2, -0.15) is 0 Å². The van der Waals surface area contributed by atoms with Crippen LogP contribution in [0, 0.1) is 13.8 Å². The van der Waals surface area contributed by atoms with E-state index in [1.54, 1.807) is 29.5 Å². The molecule has 3 heterocycles. The number of fused-ring (bicyclic) bond motifs is 4. The first-order chi connectivity index (χ1) is 19.6. The number of imide groups is 2. The van der Waals surface area contributed by atoms with Crippen molar-refractivity contribution in [2.24, 2.45) is 0 Å². The van der Waals surface area contributed by atoms with E-state index in [1.165, 1.54) is 43.4 Å². The fourth-order valence-corrected chi connectivity index (χ4v) is 6.37. The molecule has 0 fully saturated rings. The molecule has 42 heavy (non-hydrogen) atoms. The SMILES string of the molecule is C.Cc1cc2nc3ccc(N4C(=O)c5ccc(C(=O)c6ccc7c(c6)C(=O)N(C)C7=O)cc5C4=O)cc3[s+]c2cc1C. The van der Waals surface area contributed by atoms with Gasteiger partial charge in [0.15, 0.2) is 5.78 Å². The third-order valence-corrected chi connectivity index (χ3v) is 8.83. The highest BCUT2D eigenvalue weighted by Crippen LogP contribution is 2.34. The fourth-order valence-electron chi connectivity index (χ4n) is 5.29. The van der Waals surface area contributed by atoms with Crippen LogP contribution in [0.25, 0.3) is 20.4 Å². The molecule has 0 atom stereocenters. The average molecular weight is 575 g/mol. The van der Waals surface area contributed by atoms with E-state index < -0.39 is 29.4 Å². The number of nitrogens with zero attached hydrogens (tertiary/aromatic N) is 3. The first kappa shape index (κ1) is 27.0. The molecule has 0 aliphatic carbocycles. The minimum Gasteiger partial charge on any atom is -0.289 e. The zero-order valence-electron chi connectivity index (χ0n) is 22.1. The highest BCUT2D eigenvalue weighted by molar-refractivity contribution is 7.24. The van der Waals surface area contributed by atoms with Gasteiger partial charge in [-0.25, -0.2) is 9.88 Å². The number of carbonyl (C=O) groups is 5. The van der Waals surface area contributed by atoms with Crippen LogP contribution in [0.1, 0.15) is 75.9 Å². The molecule has 0 unspecified atom stereocenters. The molecule has 0 saturated carbocycles. The second-order valence-corrected chi connectivity index (χ2v) is 11.3. The zero-order chi connectivity index (χ0) is 28.7. The summed E-state index contributed by atoms with van der Waals surface area (Å²) in [6.07, 6.45) is 0. The van der Waals surface area contributed by atoms with E-state index in [0.29, 0.717) is 5.69 Å². The van der Waals surface area contributed by atoms with Crippen LogP contribution < -0.4 is 4.90 Å². The lowest BCUT2D eigenvalue weighted by atomic mass is 9.96. The molecule has 0 radical (unpaired) electrons.